The number of hydrogen-bond acceptors (Lipinski definition) is 2. The maximum atomic E-state index is 13.1. The third kappa shape index (κ3) is 4.17. The van der Waals surface area contributed by atoms with Crippen LogP contribution >= 0.6 is 0 Å². The molecule has 3 aromatic rings. The monoisotopic (exact) mass is 359 g/mol. The van der Waals surface area contributed by atoms with E-state index in [1.165, 1.54) is 5.56 Å². The van der Waals surface area contributed by atoms with Crippen molar-refractivity contribution in [2.24, 2.45) is 0 Å². The van der Waals surface area contributed by atoms with Gasteiger partial charge in [-0.25, -0.2) is 4.68 Å². The van der Waals surface area contributed by atoms with E-state index in [1.54, 1.807) is 12.3 Å². The fraction of sp³-hybridized carbons (Fsp3) is 0.217. The van der Waals surface area contributed by atoms with Gasteiger partial charge in [0.1, 0.15) is 0 Å². The summed E-state index contributed by atoms with van der Waals surface area (Å²) in [6.45, 7) is 8.94. The molecule has 0 saturated carbocycles. The van der Waals surface area contributed by atoms with E-state index in [-0.39, 0.29) is 5.91 Å². The van der Waals surface area contributed by atoms with Crippen LogP contribution in [-0.2, 0) is 6.42 Å². The van der Waals surface area contributed by atoms with E-state index in [2.05, 4.69) is 23.8 Å². The molecule has 0 spiro atoms. The quantitative estimate of drug-likeness (QED) is 0.588. The second-order valence-corrected chi connectivity index (χ2v) is 6.62. The molecule has 4 nitrogen and oxygen atoms in total. The van der Waals surface area contributed by atoms with E-state index in [9.17, 15) is 4.79 Å². The SMILES string of the molecule is C=CCN(CCc1ccccc1)C(=O)c1cnn(-c2ccccc2C)c1C. The molecule has 0 aliphatic rings. The molecular formula is C23H25N3O. The lowest BCUT2D eigenvalue weighted by atomic mass is 10.1. The summed E-state index contributed by atoms with van der Waals surface area (Å²) >= 11 is 0. The number of carbonyl (C=O) groups is 1. The standard InChI is InChI=1S/C23H25N3O/c1-4-15-25(16-14-20-11-6-5-7-12-20)23(27)21-17-24-26(19(21)3)22-13-9-8-10-18(22)2/h4-13,17H,1,14-16H2,2-3H3. The second-order valence-electron chi connectivity index (χ2n) is 6.62. The third-order valence-electron chi connectivity index (χ3n) is 4.73. The molecule has 0 atom stereocenters. The van der Waals surface area contributed by atoms with Crippen molar-refractivity contribution in [3.8, 4) is 5.69 Å². The average Bonchev–Trinajstić information content (AvgIpc) is 3.07. The Morgan fingerprint density at radius 1 is 1.11 bits per heavy atom. The summed E-state index contributed by atoms with van der Waals surface area (Å²) in [5, 5.41) is 4.47. The molecule has 0 N–H and O–H groups in total. The van der Waals surface area contributed by atoms with Crippen LogP contribution < -0.4 is 0 Å². The normalized spacial score (nSPS) is 10.6. The molecule has 138 valence electrons. The van der Waals surface area contributed by atoms with Gasteiger partial charge in [0, 0.05) is 13.1 Å². The highest BCUT2D eigenvalue weighted by atomic mass is 16.2. The topological polar surface area (TPSA) is 38.1 Å². The smallest absolute Gasteiger partial charge is 0.257 e. The highest BCUT2D eigenvalue weighted by molar-refractivity contribution is 5.95. The summed E-state index contributed by atoms with van der Waals surface area (Å²) in [7, 11) is 0. The summed E-state index contributed by atoms with van der Waals surface area (Å²) in [6.07, 6.45) is 4.25. The van der Waals surface area contributed by atoms with Crippen molar-refractivity contribution < 1.29 is 4.79 Å². The predicted octanol–water partition coefficient (Wildman–Crippen LogP) is 4.36. The summed E-state index contributed by atoms with van der Waals surface area (Å²) < 4.78 is 1.84. The van der Waals surface area contributed by atoms with E-state index in [0.29, 0.717) is 18.7 Å². The van der Waals surface area contributed by atoms with E-state index < -0.39 is 0 Å². The molecule has 2 aromatic carbocycles. The fourth-order valence-electron chi connectivity index (χ4n) is 3.17. The summed E-state index contributed by atoms with van der Waals surface area (Å²) in [6, 6.07) is 18.2. The number of aryl methyl sites for hydroxylation is 1. The number of para-hydroxylation sites is 1. The van der Waals surface area contributed by atoms with Gasteiger partial charge in [0.2, 0.25) is 0 Å². The lowest BCUT2D eigenvalue weighted by Gasteiger charge is -2.21. The first-order valence-corrected chi connectivity index (χ1v) is 9.16. The van der Waals surface area contributed by atoms with Gasteiger partial charge in [-0.3, -0.25) is 4.79 Å². The highest BCUT2D eigenvalue weighted by Crippen LogP contribution is 2.19. The Labute approximate surface area is 160 Å². The molecular weight excluding hydrogens is 334 g/mol. The van der Waals surface area contributed by atoms with Crippen molar-refractivity contribution in [1.29, 1.82) is 0 Å². The Bertz CT molecular complexity index is 928. The Morgan fingerprint density at radius 2 is 1.81 bits per heavy atom. The maximum Gasteiger partial charge on any atom is 0.257 e. The van der Waals surface area contributed by atoms with Crippen LogP contribution in [0.4, 0.5) is 0 Å². The highest BCUT2D eigenvalue weighted by Gasteiger charge is 2.20. The van der Waals surface area contributed by atoms with Crippen molar-refractivity contribution in [3.63, 3.8) is 0 Å². The molecule has 4 heteroatoms. The van der Waals surface area contributed by atoms with Crippen molar-refractivity contribution in [3.05, 3.63) is 95.8 Å². The van der Waals surface area contributed by atoms with E-state index in [1.807, 2.05) is 65.9 Å². The predicted molar refractivity (Wildman–Crippen MR) is 109 cm³/mol. The third-order valence-corrected chi connectivity index (χ3v) is 4.73. The zero-order chi connectivity index (χ0) is 19.2. The summed E-state index contributed by atoms with van der Waals surface area (Å²) in [4.78, 5) is 15.0. The minimum Gasteiger partial charge on any atom is -0.334 e. The van der Waals surface area contributed by atoms with Gasteiger partial charge in [0.15, 0.2) is 0 Å². The molecule has 1 heterocycles. The van der Waals surface area contributed by atoms with Gasteiger partial charge in [0.05, 0.1) is 23.1 Å². The molecule has 27 heavy (non-hydrogen) atoms. The maximum absolute atomic E-state index is 13.1. The Balaban J connectivity index is 1.82. The van der Waals surface area contributed by atoms with Crippen LogP contribution in [0.3, 0.4) is 0 Å². The van der Waals surface area contributed by atoms with Crippen LogP contribution in [0.2, 0.25) is 0 Å². The van der Waals surface area contributed by atoms with Gasteiger partial charge in [-0.2, -0.15) is 5.10 Å². The molecule has 0 fully saturated rings. The van der Waals surface area contributed by atoms with Crippen LogP contribution in [0, 0.1) is 13.8 Å². The van der Waals surface area contributed by atoms with Crippen LogP contribution in [-0.4, -0.2) is 33.7 Å². The van der Waals surface area contributed by atoms with Gasteiger partial charge in [-0.05, 0) is 37.5 Å². The first kappa shape index (κ1) is 18.6. The molecule has 0 aliphatic heterocycles. The summed E-state index contributed by atoms with van der Waals surface area (Å²) in [5.41, 5.74) is 4.81. The number of rotatable bonds is 7. The average molecular weight is 359 g/mol. The lowest BCUT2D eigenvalue weighted by Crippen LogP contribution is -2.33. The zero-order valence-electron chi connectivity index (χ0n) is 15.9. The van der Waals surface area contributed by atoms with Gasteiger partial charge in [-0.15, -0.1) is 6.58 Å². The zero-order valence-corrected chi connectivity index (χ0v) is 15.9. The minimum absolute atomic E-state index is 0.0110. The minimum atomic E-state index is -0.0110. The first-order valence-electron chi connectivity index (χ1n) is 9.16. The number of nitrogens with zero attached hydrogens (tertiary/aromatic N) is 3. The second kappa shape index (κ2) is 8.49. The Kier molecular flexibility index (Phi) is 5.87. The van der Waals surface area contributed by atoms with Crippen molar-refractivity contribution in [2.45, 2.75) is 20.3 Å². The largest absolute Gasteiger partial charge is 0.334 e. The van der Waals surface area contributed by atoms with Gasteiger partial charge >= 0.3 is 0 Å². The molecule has 0 unspecified atom stereocenters. The van der Waals surface area contributed by atoms with Gasteiger partial charge in [0.25, 0.3) is 5.91 Å². The van der Waals surface area contributed by atoms with Crippen LogP contribution in [0.5, 0.6) is 0 Å². The Morgan fingerprint density at radius 3 is 2.52 bits per heavy atom. The van der Waals surface area contributed by atoms with Crippen molar-refractivity contribution in [1.82, 2.24) is 14.7 Å². The molecule has 1 amide bonds. The van der Waals surface area contributed by atoms with E-state index in [0.717, 1.165) is 23.4 Å². The number of hydrogen-bond donors (Lipinski definition) is 0. The fourth-order valence-corrected chi connectivity index (χ4v) is 3.17. The molecule has 0 bridgehead atoms. The van der Waals surface area contributed by atoms with E-state index >= 15 is 0 Å². The van der Waals surface area contributed by atoms with Gasteiger partial charge in [-0.1, -0.05) is 54.6 Å². The number of aromatic nitrogens is 2. The number of carbonyl (C=O) groups excluding carboxylic acids is 1. The lowest BCUT2D eigenvalue weighted by molar-refractivity contribution is 0.0775. The van der Waals surface area contributed by atoms with Gasteiger partial charge < -0.3 is 4.90 Å². The molecule has 1 aromatic heterocycles. The van der Waals surface area contributed by atoms with Crippen molar-refractivity contribution in [2.75, 3.05) is 13.1 Å². The van der Waals surface area contributed by atoms with Crippen LogP contribution in [0.25, 0.3) is 5.69 Å². The first-order chi connectivity index (χ1) is 13.1. The molecule has 0 aliphatic carbocycles. The molecule has 3 rings (SSSR count). The van der Waals surface area contributed by atoms with E-state index in [4.69, 9.17) is 0 Å². The number of benzene rings is 2. The number of amides is 1. The summed E-state index contributed by atoms with van der Waals surface area (Å²) in [5.74, 6) is -0.0110. The van der Waals surface area contributed by atoms with Crippen LogP contribution in [0.1, 0.15) is 27.2 Å². The van der Waals surface area contributed by atoms with Crippen molar-refractivity contribution >= 4 is 5.91 Å². The Hall–Kier alpha value is -3.14. The molecule has 0 saturated heterocycles. The van der Waals surface area contributed by atoms with Crippen LogP contribution in [0.15, 0.2) is 73.4 Å². The molecule has 0 radical (unpaired) electrons.